The predicted octanol–water partition coefficient (Wildman–Crippen LogP) is 2.12. The van der Waals surface area contributed by atoms with Gasteiger partial charge < -0.3 is 20.8 Å². The molecule has 11 heteroatoms. The number of amides is 1. The van der Waals surface area contributed by atoms with Crippen LogP contribution in [0.2, 0.25) is 0 Å². The molecule has 0 radical (unpaired) electrons. The first kappa shape index (κ1) is 34.7. The fourth-order valence-corrected chi connectivity index (χ4v) is 7.91. The number of ketones is 4. The molecule has 6 atom stereocenters. The number of unbranched alkanes of at least 4 members (excludes halogenated alkanes) is 4. The molecule has 1 aromatic rings. The highest BCUT2D eigenvalue weighted by Gasteiger charge is 2.69. The van der Waals surface area contributed by atoms with Gasteiger partial charge in [-0.1, -0.05) is 39.5 Å². The predicted molar refractivity (Wildman–Crippen MR) is 170 cm³/mol. The summed E-state index contributed by atoms with van der Waals surface area (Å²) >= 11 is 0. The van der Waals surface area contributed by atoms with E-state index < -0.39 is 64.4 Å². The third-order valence-corrected chi connectivity index (χ3v) is 10.1. The van der Waals surface area contributed by atoms with Gasteiger partial charge in [-0.05, 0) is 70.4 Å². The summed E-state index contributed by atoms with van der Waals surface area (Å²) in [5, 5.41) is 23.5. The molecule has 4 rings (SSSR count). The summed E-state index contributed by atoms with van der Waals surface area (Å²) in [5.41, 5.74) is 4.69. The van der Waals surface area contributed by atoms with Crippen molar-refractivity contribution < 1.29 is 34.2 Å². The number of rotatable bonds is 13. The van der Waals surface area contributed by atoms with Crippen LogP contribution >= 0.6 is 0 Å². The average Bonchev–Trinajstić information content (AvgIpc) is 2.95. The Labute approximate surface area is 266 Å². The van der Waals surface area contributed by atoms with E-state index in [0.717, 1.165) is 57.3 Å². The van der Waals surface area contributed by atoms with Crippen molar-refractivity contribution in [3.05, 3.63) is 22.8 Å². The summed E-state index contributed by atoms with van der Waals surface area (Å²) in [6.07, 6.45) is 6.65. The minimum atomic E-state index is -2.73. The van der Waals surface area contributed by atoms with Crippen LogP contribution in [0.25, 0.3) is 0 Å². The highest BCUT2D eigenvalue weighted by Crippen LogP contribution is 2.52. The molecule has 0 saturated heterocycles. The maximum Gasteiger partial charge on any atom is 0.235 e. The van der Waals surface area contributed by atoms with Crippen LogP contribution in [0.15, 0.2) is 6.07 Å². The van der Waals surface area contributed by atoms with Gasteiger partial charge in [0.2, 0.25) is 5.91 Å². The van der Waals surface area contributed by atoms with E-state index in [9.17, 15) is 34.2 Å². The molecular weight excluding hydrogens is 576 g/mol. The van der Waals surface area contributed by atoms with Crippen LogP contribution in [0.3, 0.4) is 0 Å². The van der Waals surface area contributed by atoms with Crippen molar-refractivity contribution in [1.29, 1.82) is 0 Å². The molecule has 1 aromatic carbocycles. The minimum absolute atomic E-state index is 0.0297. The number of anilines is 1. The quantitative estimate of drug-likeness (QED) is 0.218. The number of carbonyl (C=O) groups excluding carboxylic acids is 5. The Hall–Kier alpha value is -3.15. The van der Waals surface area contributed by atoms with Crippen molar-refractivity contribution >= 4 is 34.7 Å². The number of phenolic OH excluding ortho intramolecular Hbond substituents is 1. The smallest absolute Gasteiger partial charge is 0.235 e. The molecule has 3 aliphatic carbocycles. The summed E-state index contributed by atoms with van der Waals surface area (Å²) in [6, 6.07) is 0.797. The molecule has 2 unspecified atom stereocenters. The van der Waals surface area contributed by atoms with E-state index >= 15 is 0 Å². The molecule has 11 nitrogen and oxygen atoms in total. The van der Waals surface area contributed by atoms with Crippen molar-refractivity contribution in [3.63, 3.8) is 0 Å². The van der Waals surface area contributed by atoms with Gasteiger partial charge in [0.25, 0.3) is 0 Å². The van der Waals surface area contributed by atoms with Crippen LogP contribution in [-0.2, 0) is 32.1 Å². The number of likely N-dealkylation sites (N-methyl/N-ethyl adjacent to an activating group) is 1. The third kappa shape index (κ3) is 6.06. The summed E-state index contributed by atoms with van der Waals surface area (Å²) in [6.45, 7) is 6.44. The Kier molecular flexibility index (Phi) is 10.6. The Bertz CT molecular complexity index is 1350. The van der Waals surface area contributed by atoms with E-state index in [1.165, 1.54) is 4.90 Å². The Morgan fingerprint density at radius 3 is 2.09 bits per heavy atom. The first-order valence-electron chi connectivity index (χ1n) is 16.3. The first-order valence-corrected chi connectivity index (χ1v) is 16.3. The van der Waals surface area contributed by atoms with Crippen LogP contribution in [0.1, 0.15) is 80.3 Å². The zero-order valence-electron chi connectivity index (χ0n) is 27.6. The monoisotopic (exact) mass is 626 g/mol. The lowest BCUT2D eigenvalue weighted by Gasteiger charge is -2.52. The van der Waals surface area contributed by atoms with Gasteiger partial charge in [0.05, 0.1) is 17.5 Å². The van der Waals surface area contributed by atoms with Crippen LogP contribution in [-0.4, -0.2) is 102 Å². The first-order chi connectivity index (χ1) is 21.2. The van der Waals surface area contributed by atoms with E-state index in [1.54, 1.807) is 14.1 Å². The maximum absolute atomic E-state index is 14.3. The lowest BCUT2D eigenvalue weighted by Crippen LogP contribution is -2.74. The highest BCUT2D eigenvalue weighted by atomic mass is 16.3. The molecule has 3 aliphatic rings. The number of nitrogens with two attached hydrogens (primary N) is 1. The Morgan fingerprint density at radius 1 is 0.978 bits per heavy atom. The number of aromatic hydroxyl groups is 1. The lowest BCUT2D eigenvalue weighted by molar-refractivity contribution is -0.181. The number of hydrogen-bond donors (Lipinski definition) is 3. The van der Waals surface area contributed by atoms with E-state index in [4.69, 9.17) is 5.73 Å². The molecule has 45 heavy (non-hydrogen) atoms. The fraction of sp³-hybridized carbons (Fsp3) is 0.676. The lowest BCUT2D eigenvalue weighted by atomic mass is 9.52. The van der Waals surface area contributed by atoms with Crippen molar-refractivity contribution in [2.75, 3.05) is 46.2 Å². The SMILES string of the molecule is CCCCCN(CCCCC)Cc1cc(N(C)C)c2c(c1O)C(=O)C1C(=O)[C@]3(O)C(=O)C(C(N)=O)C(=O)[C@@H](N(C)C)[C@@H]3C[C@@H]1C2. The standard InChI is InChI=1S/C34H50N4O7/c1-7-9-11-13-38(14-12-10-8-2)18-20-17-23(36(3)4)21-15-19-16-22-27(37(5)6)30(41)26(33(35)44)32(43)34(22,45)31(42)24(19)29(40)25(21)28(20)39/h17,19,22,24,26-27,39,45H,7-16,18H2,1-6H3,(H2,35,44)/t19-,22-,24?,26?,27-,34-/m0/s1. The van der Waals surface area contributed by atoms with E-state index in [-0.39, 0.29) is 24.2 Å². The molecule has 0 bridgehead atoms. The van der Waals surface area contributed by atoms with Crippen LogP contribution in [0.5, 0.6) is 5.75 Å². The molecule has 0 aromatic heterocycles. The molecule has 4 N–H and O–H groups in total. The topological polar surface area (TPSA) is 162 Å². The van der Waals surface area contributed by atoms with Gasteiger partial charge >= 0.3 is 0 Å². The molecular formula is C34H50N4O7. The summed E-state index contributed by atoms with van der Waals surface area (Å²) in [7, 11) is 6.88. The van der Waals surface area contributed by atoms with Gasteiger partial charge in [-0.15, -0.1) is 0 Å². The number of hydrogen-bond acceptors (Lipinski definition) is 10. The third-order valence-electron chi connectivity index (χ3n) is 10.1. The van der Waals surface area contributed by atoms with E-state index in [0.29, 0.717) is 17.7 Å². The number of aliphatic hydroxyl groups is 1. The second kappa shape index (κ2) is 13.7. The second-order valence-electron chi connectivity index (χ2n) is 13.6. The van der Waals surface area contributed by atoms with Crippen molar-refractivity contribution in [2.24, 2.45) is 29.4 Å². The molecule has 2 fully saturated rings. The molecule has 1 amide bonds. The van der Waals surface area contributed by atoms with Gasteiger partial charge in [-0.25, -0.2) is 0 Å². The molecule has 0 spiro atoms. The molecule has 2 saturated carbocycles. The summed E-state index contributed by atoms with van der Waals surface area (Å²) in [5.74, 6) is -10.3. The van der Waals surface area contributed by atoms with Gasteiger partial charge in [-0.2, -0.15) is 0 Å². The zero-order valence-corrected chi connectivity index (χ0v) is 27.6. The Balaban J connectivity index is 1.79. The van der Waals surface area contributed by atoms with Crippen molar-refractivity contribution in [3.8, 4) is 5.75 Å². The normalized spacial score (nSPS) is 27.9. The summed E-state index contributed by atoms with van der Waals surface area (Å²) < 4.78 is 0. The number of fused-ring (bicyclic) bond motifs is 3. The fourth-order valence-electron chi connectivity index (χ4n) is 7.91. The van der Waals surface area contributed by atoms with Gasteiger partial charge in [-0.3, -0.25) is 33.8 Å². The number of phenols is 1. The van der Waals surface area contributed by atoms with Crippen molar-refractivity contribution in [1.82, 2.24) is 9.80 Å². The van der Waals surface area contributed by atoms with E-state index in [2.05, 4.69) is 18.7 Å². The van der Waals surface area contributed by atoms with Crippen LogP contribution in [0, 0.1) is 23.7 Å². The number of Topliss-reactive ketones (excluding diaryl/α,β-unsaturated/α-hetero) is 4. The van der Waals surface area contributed by atoms with Gasteiger partial charge in [0.15, 0.2) is 34.7 Å². The molecule has 0 heterocycles. The maximum atomic E-state index is 14.3. The minimum Gasteiger partial charge on any atom is -0.507 e. The Morgan fingerprint density at radius 2 is 1.58 bits per heavy atom. The second-order valence-corrected chi connectivity index (χ2v) is 13.6. The van der Waals surface area contributed by atoms with E-state index in [1.807, 2.05) is 25.1 Å². The van der Waals surface area contributed by atoms with Gasteiger partial charge in [0, 0.05) is 37.8 Å². The summed E-state index contributed by atoms with van der Waals surface area (Å²) in [4.78, 5) is 73.3. The van der Waals surface area contributed by atoms with Crippen LogP contribution < -0.4 is 10.6 Å². The average molecular weight is 627 g/mol. The number of nitrogens with zero attached hydrogens (tertiary/aromatic N) is 3. The molecule has 248 valence electrons. The number of benzene rings is 1. The highest BCUT2D eigenvalue weighted by molar-refractivity contribution is 6.32. The largest absolute Gasteiger partial charge is 0.507 e. The number of carbonyl (C=O) groups is 5. The van der Waals surface area contributed by atoms with Crippen molar-refractivity contribution in [2.45, 2.75) is 83.4 Å². The van der Waals surface area contributed by atoms with Crippen LogP contribution in [0.4, 0.5) is 5.69 Å². The number of primary amides is 1. The van der Waals surface area contributed by atoms with Gasteiger partial charge in [0.1, 0.15) is 5.75 Å². The zero-order chi connectivity index (χ0) is 33.4. The molecule has 0 aliphatic heterocycles.